The largest absolute Gasteiger partial charge is 0.372 e. The summed E-state index contributed by atoms with van der Waals surface area (Å²) in [5.41, 5.74) is 3.50. The van der Waals surface area contributed by atoms with E-state index in [0.29, 0.717) is 5.41 Å². The summed E-state index contributed by atoms with van der Waals surface area (Å²) >= 11 is 0. The summed E-state index contributed by atoms with van der Waals surface area (Å²) in [5.74, 6) is 0.917. The van der Waals surface area contributed by atoms with Crippen LogP contribution < -0.4 is 10.2 Å². The van der Waals surface area contributed by atoms with Crippen LogP contribution in [0.3, 0.4) is 0 Å². The maximum Gasteiger partial charge on any atom is 0.0366 e. The number of benzene rings is 1. The maximum atomic E-state index is 3.52. The fraction of sp³-hybridized carbons (Fsp3) is 0.600. The van der Waals surface area contributed by atoms with E-state index in [2.05, 4.69) is 34.5 Å². The first-order chi connectivity index (χ1) is 8.38. The van der Waals surface area contributed by atoms with E-state index in [1.54, 1.807) is 5.56 Å². The lowest BCUT2D eigenvalue weighted by Crippen LogP contribution is -2.20. The average molecular weight is 228 g/mol. The van der Waals surface area contributed by atoms with Crippen molar-refractivity contribution in [2.24, 2.45) is 5.92 Å². The molecular weight excluding hydrogens is 208 g/mol. The number of anilines is 1. The van der Waals surface area contributed by atoms with Gasteiger partial charge in [-0.25, -0.2) is 0 Å². The van der Waals surface area contributed by atoms with Crippen molar-refractivity contribution in [2.45, 2.75) is 24.7 Å². The summed E-state index contributed by atoms with van der Waals surface area (Å²) < 4.78 is 0. The van der Waals surface area contributed by atoms with Gasteiger partial charge in [0.25, 0.3) is 0 Å². The quantitative estimate of drug-likeness (QED) is 0.834. The molecular formula is C15H20N2. The van der Waals surface area contributed by atoms with Gasteiger partial charge in [-0.1, -0.05) is 12.1 Å². The zero-order valence-corrected chi connectivity index (χ0v) is 10.3. The Morgan fingerprint density at radius 2 is 1.88 bits per heavy atom. The Labute approximate surface area is 103 Å². The van der Waals surface area contributed by atoms with Crippen molar-refractivity contribution in [3.8, 4) is 0 Å². The van der Waals surface area contributed by atoms with Crippen LogP contribution in [0.2, 0.25) is 0 Å². The highest BCUT2D eigenvalue weighted by Gasteiger charge is 2.57. The van der Waals surface area contributed by atoms with Crippen LogP contribution in [-0.2, 0) is 5.41 Å². The molecule has 0 radical (unpaired) electrons. The van der Waals surface area contributed by atoms with Crippen LogP contribution >= 0.6 is 0 Å². The minimum Gasteiger partial charge on any atom is -0.372 e. The van der Waals surface area contributed by atoms with E-state index in [0.717, 1.165) is 5.92 Å². The van der Waals surface area contributed by atoms with Gasteiger partial charge in [0, 0.05) is 30.7 Å². The van der Waals surface area contributed by atoms with E-state index in [-0.39, 0.29) is 0 Å². The molecule has 0 bridgehead atoms. The third-order valence-electron chi connectivity index (χ3n) is 4.98. The van der Waals surface area contributed by atoms with Gasteiger partial charge in [0.15, 0.2) is 0 Å². The summed E-state index contributed by atoms with van der Waals surface area (Å²) in [7, 11) is 0. The zero-order chi connectivity index (χ0) is 11.3. The summed E-state index contributed by atoms with van der Waals surface area (Å²) in [6.07, 6.45) is 4.12. The summed E-state index contributed by atoms with van der Waals surface area (Å²) in [6.45, 7) is 4.91. The van der Waals surface area contributed by atoms with Gasteiger partial charge in [0.05, 0.1) is 0 Å². The van der Waals surface area contributed by atoms with E-state index in [4.69, 9.17) is 0 Å². The van der Waals surface area contributed by atoms with Gasteiger partial charge in [0.1, 0.15) is 0 Å². The summed E-state index contributed by atoms with van der Waals surface area (Å²) in [5, 5.41) is 3.52. The predicted octanol–water partition coefficient (Wildman–Crippen LogP) is 2.15. The van der Waals surface area contributed by atoms with Crippen LogP contribution in [0.25, 0.3) is 0 Å². The van der Waals surface area contributed by atoms with Gasteiger partial charge >= 0.3 is 0 Å². The molecule has 3 aliphatic rings. The highest BCUT2D eigenvalue weighted by atomic mass is 15.1. The van der Waals surface area contributed by atoms with Crippen LogP contribution in [-0.4, -0.2) is 26.2 Å². The Kier molecular flexibility index (Phi) is 2.04. The molecule has 17 heavy (non-hydrogen) atoms. The van der Waals surface area contributed by atoms with Crippen molar-refractivity contribution in [2.75, 3.05) is 31.1 Å². The number of nitrogens with zero attached hydrogens (tertiary/aromatic N) is 1. The van der Waals surface area contributed by atoms with Crippen molar-refractivity contribution in [3.05, 3.63) is 29.8 Å². The summed E-state index contributed by atoms with van der Waals surface area (Å²) in [6, 6.07) is 9.42. The van der Waals surface area contributed by atoms with Crippen molar-refractivity contribution >= 4 is 5.69 Å². The Morgan fingerprint density at radius 3 is 2.47 bits per heavy atom. The fourth-order valence-electron chi connectivity index (χ4n) is 3.77. The monoisotopic (exact) mass is 228 g/mol. The molecule has 1 aliphatic carbocycles. The molecule has 1 aromatic rings. The van der Waals surface area contributed by atoms with Gasteiger partial charge in [-0.05, 0) is 49.4 Å². The number of hydrogen-bond acceptors (Lipinski definition) is 2. The molecule has 2 saturated heterocycles. The van der Waals surface area contributed by atoms with E-state index in [1.165, 1.54) is 51.1 Å². The van der Waals surface area contributed by atoms with E-state index >= 15 is 0 Å². The first-order valence-corrected chi connectivity index (χ1v) is 6.95. The van der Waals surface area contributed by atoms with Crippen molar-refractivity contribution in [1.29, 1.82) is 0 Å². The van der Waals surface area contributed by atoms with Crippen LogP contribution in [0.5, 0.6) is 0 Å². The van der Waals surface area contributed by atoms with E-state index in [9.17, 15) is 0 Å². The zero-order valence-electron chi connectivity index (χ0n) is 10.3. The first-order valence-electron chi connectivity index (χ1n) is 6.95. The Morgan fingerprint density at radius 1 is 1.12 bits per heavy atom. The van der Waals surface area contributed by atoms with Crippen molar-refractivity contribution < 1.29 is 0 Å². The predicted molar refractivity (Wildman–Crippen MR) is 70.5 cm³/mol. The molecule has 1 N–H and O–H groups in total. The number of piperidine rings is 1. The van der Waals surface area contributed by atoms with Gasteiger partial charge < -0.3 is 10.2 Å². The molecule has 0 unspecified atom stereocenters. The number of rotatable bonds is 2. The molecule has 90 valence electrons. The molecule has 4 rings (SSSR count). The lowest BCUT2D eigenvalue weighted by atomic mass is 9.95. The summed E-state index contributed by atoms with van der Waals surface area (Å²) in [4.78, 5) is 2.51. The van der Waals surface area contributed by atoms with Gasteiger partial charge in [-0.15, -0.1) is 0 Å². The van der Waals surface area contributed by atoms with E-state index < -0.39 is 0 Å². The second kappa shape index (κ2) is 3.49. The lowest BCUT2D eigenvalue weighted by Gasteiger charge is -2.19. The SMILES string of the molecule is c1cc([C@@]23CNC[C@@H]2C3)ccc1N1CCCC1. The Bertz CT molecular complexity index is 419. The van der Waals surface area contributed by atoms with Crippen molar-refractivity contribution in [3.63, 3.8) is 0 Å². The lowest BCUT2D eigenvalue weighted by molar-refractivity contribution is 0.675. The van der Waals surface area contributed by atoms with Crippen LogP contribution in [0.15, 0.2) is 24.3 Å². The average Bonchev–Trinajstić information content (AvgIpc) is 2.81. The molecule has 2 heterocycles. The molecule has 0 amide bonds. The molecule has 2 aliphatic heterocycles. The number of hydrogen-bond donors (Lipinski definition) is 1. The maximum absolute atomic E-state index is 3.52. The third kappa shape index (κ3) is 1.43. The molecule has 3 fully saturated rings. The smallest absolute Gasteiger partial charge is 0.0366 e. The topological polar surface area (TPSA) is 15.3 Å². The normalized spacial score (nSPS) is 35.1. The van der Waals surface area contributed by atoms with Crippen molar-refractivity contribution in [1.82, 2.24) is 5.32 Å². The minimum absolute atomic E-state index is 0.517. The minimum atomic E-state index is 0.517. The molecule has 2 heteroatoms. The number of nitrogens with one attached hydrogen (secondary N) is 1. The second-order valence-electron chi connectivity index (χ2n) is 5.93. The Hall–Kier alpha value is -1.02. The molecule has 1 saturated carbocycles. The molecule has 0 aromatic heterocycles. The van der Waals surface area contributed by atoms with Gasteiger partial charge in [-0.3, -0.25) is 0 Å². The Balaban J connectivity index is 1.58. The molecule has 1 aromatic carbocycles. The molecule has 0 spiro atoms. The highest BCUT2D eigenvalue weighted by molar-refractivity contribution is 5.51. The molecule has 2 atom stereocenters. The standard InChI is InChI=1S/C15H20N2/c1-2-8-17(7-1)14-5-3-12(4-6-14)15-9-13(15)10-16-11-15/h3-6,13,16H,1-2,7-11H2/t13-,15+/m0/s1. The third-order valence-corrected chi connectivity index (χ3v) is 4.98. The second-order valence-corrected chi connectivity index (χ2v) is 5.93. The number of fused-ring (bicyclic) bond motifs is 1. The fourth-order valence-corrected chi connectivity index (χ4v) is 3.77. The van der Waals surface area contributed by atoms with Crippen LogP contribution in [0.4, 0.5) is 5.69 Å². The van der Waals surface area contributed by atoms with Crippen LogP contribution in [0, 0.1) is 5.92 Å². The highest BCUT2D eigenvalue weighted by Crippen LogP contribution is 2.56. The molecule has 2 nitrogen and oxygen atoms in total. The first kappa shape index (κ1) is 9.95. The van der Waals surface area contributed by atoms with Crippen LogP contribution in [0.1, 0.15) is 24.8 Å². The van der Waals surface area contributed by atoms with Gasteiger partial charge in [0.2, 0.25) is 0 Å². The van der Waals surface area contributed by atoms with E-state index in [1.807, 2.05) is 0 Å². The van der Waals surface area contributed by atoms with Gasteiger partial charge in [-0.2, -0.15) is 0 Å².